The molecule has 1 fully saturated rings. The lowest BCUT2D eigenvalue weighted by Gasteiger charge is -2.07. The first-order valence-electron chi connectivity index (χ1n) is 5.86. The maximum atomic E-state index is 11.7. The standard InChI is InChI=1S/C12H16N2O3S/c15-12(14-11-6-7-11)8-13-18(16,17)9-10-4-2-1-3-5-10/h1-5,11,13H,6-9H2,(H,14,15). The van der Waals surface area contributed by atoms with E-state index in [0.29, 0.717) is 5.56 Å². The molecule has 1 aliphatic rings. The molecular weight excluding hydrogens is 252 g/mol. The summed E-state index contributed by atoms with van der Waals surface area (Å²) in [6.45, 7) is -0.189. The van der Waals surface area contributed by atoms with E-state index in [1.807, 2.05) is 6.07 Å². The van der Waals surface area contributed by atoms with E-state index < -0.39 is 10.0 Å². The third-order valence-corrected chi connectivity index (χ3v) is 3.89. The molecule has 0 heterocycles. The zero-order chi connectivity index (χ0) is 13.0. The average Bonchev–Trinajstić information content (AvgIpc) is 3.11. The summed E-state index contributed by atoms with van der Waals surface area (Å²) in [6, 6.07) is 9.12. The molecule has 2 rings (SSSR count). The smallest absolute Gasteiger partial charge is 0.235 e. The Bertz CT molecular complexity index is 509. The fraction of sp³-hybridized carbons (Fsp3) is 0.417. The van der Waals surface area contributed by atoms with Crippen LogP contribution in [0.5, 0.6) is 0 Å². The molecular formula is C12H16N2O3S. The maximum absolute atomic E-state index is 11.7. The van der Waals surface area contributed by atoms with Gasteiger partial charge in [0.05, 0.1) is 12.3 Å². The summed E-state index contributed by atoms with van der Waals surface area (Å²) in [6.07, 6.45) is 1.98. The Morgan fingerprint density at radius 3 is 2.50 bits per heavy atom. The monoisotopic (exact) mass is 268 g/mol. The van der Waals surface area contributed by atoms with E-state index in [1.165, 1.54) is 0 Å². The van der Waals surface area contributed by atoms with Gasteiger partial charge in [0.25, 0.3) is 0 Å². The second-order valence-electron chi connectivity index (χ2n) is 4.41. The summed E-state index contributed by atoms with van der Waals surface area (Å²) in [5.41, 5.74) is 0.701. The van der Waals surface area contributed by atoms with E-state index in [0.717, 1.165) is 12.8 Å². The highest BCUT2D eigenvalue weighted by Gasteiger charge is 2.23. The van der Waals surface area contributed by atoms with Crippen LogP contribution in [0.15, 0.2) is 30.3 Å². The van der Waals surface area contributed by atoms with Gasteiger partial charge in [0.1, 0.15) is 0 Å². The number of carbonyl (C=O) groups excluding carboxylic acids is 1. The van der Waals surface area contributed by atoms with Crippen molar-refractivity contribution in [3.05, 3.63) is 35.9 Å². The molecule has 98 valence electrons. The minimum atomic E-state index is -3.46. The molecule has 0 atom stereocenters. The van der Waals surface area contributed by atoms with Crippen molar-refractivity contribution in [2.45, 2.75) is 24.6 Å². The van der Waals surface area contributed by atoms with Crippen molar-refractivity contribution in [2.75, 3.05) is 6.54 Å². The quantitative estimate of drug-likeness (QED) is 0.783. The van der Waals surface area contributed by atoms with Crippen LogP contribution in [0.2, 0.25) is 0 Å². The SMILES string of the molecule is O=C(CNS(=O)(=O)Cc1ccccc1)NC1CC1. The van der Waals surface area contributed by atoms with Crippen LogP contribution in [-0.2, 0) is 20.6 Å². The van der Waals surface area contributed by atoms with Crippen LogP contribution < -0.4 is 10.0 Å². The third kappa shape index (κ3) is 4.46. The molecule has 0 bridgehead atoms. The van der Waals surface area contributed by atoms with E-state index in [9.17, 15) is 13.2 Å². The largest absolute Gasteiger partial charge is 0.352 e. The minimum absolute atomic E-state index is 0.107. The van der Waals surface area contributed by atoms with Gasteiger partial charge in [-0.3, -0.25) is 4.79 Å². The fourth-order valence-corrected chi connectivity index (χ4v) is 2.61. The summed E-state index contributed by atoms with van der Waals surface area (Å²) in [5.74, 6) is -0.376. The first kappa shape index (κ1) is 13.0. The Balaban J connectivity index is 1.81. The third-order valence-electron chi connectivity index (χ3n) is 2.59. The average molecular weight is 268 g/mol. The van der Waals surface area contributed by atoms with Crippen molar-refractivity contribution in [3.8, 4) is 0 Å². The lowest BCUT2D eigenvalue weighted by atomic mass is 10.2. The highest BCUT2D eigenvalue weighted by atomic mass is 32.2. The zero-order valence-corrected chi connectivity index (χ0v) is 10.7. The Morgan fingerprint density at radius 2 is 1.89 bits per heavy atom. The van der Waals surface area contributed by atoms with Crippen molar-refractivity contribution in [3.63, 3.8) is 0 Å². The Kier molecular flexibility index (Phi) is 3.98. The molecule has 0 aliphatic heterocycles. The van der Waals surface area contributed by atoms with E-state index in [2.05, 4.69) is 10.0 Å². The van der Waals surface area contributed by atoms with E-state index in [4.69, 9.17) is 0 Å². The molecule has 2 N–H and O–H groups in total. The predicted octanol–water partition coefficient (Wildman–Crippen LogP) is 0.385. The number of carbonyl (C=O) groups is 1. The number of hydrogen-bond donors (Lipinski definition) is 2. The molecule has 0 radical (unpaired) electrons. The summed E-state index contributed by atoms with van der Waals surface area (Å²) in [4.78, 5) is 11.4. The predicted molar refractivity (Wildman–Crippen MR) is 68.2 cm³/mol. The van der Waals surface area contributed by atoms with Crippen molar-refractivity contribution in [2.24, 2.45) is 0 Å². The molecule has 5 nitrogen and oxygen atoms in total. The van der Waals surface area contributed by atoms with Gasteiger partial charge in [0.2, 0.25) is 15.9 Å². The van der Waals surface area contributed by atoms with E-state index in [-0.39, 0.29) is 24.2 Å². The second kappa shape index (κ2) is 5.49. The van der Waals surface area contributed by atoms with Gasteiger partial charge >= 0.3 is 0 Å². The number of rotatable bonds is 6. The molecule has 0 saturated heterocycles. The van der Waals surface area contributed by atoms with Crippen LogP contribution >= 0.6 is 0 Å². The number of hydrogen-bond acceptors (Lipinski definition) is 3. The van der Waals surface area contributed by atoms with Crippen LogP contribution in [0.3, 0.4) is 0 Å². The molecule has 6 heteroatoms. The van der Waals surface area contributed by atoms with Crippen LogP contribution in [0.1, 0.15) is 18.4 Å². The zero-order valence-electron chi connectivity index (χ0n) is 9.93. The lowest BCUT2D eigenvalue weighted by Crippen LogP contribution is -2.38. The Labute approximate surface area is 107 Å². The van der Waals surface area contributed by atoms with Gasteiger partial charge in [-0.05, 0) is 18.4 Å². The number of nitrogens with one attached hydrogen (secondary N) is 2. The van der Waals surface area contributed by atoms with Crippen LogP contribution in [0, 0.1) is 0 Å². The van der Waals surface area contributed by atoms with Gasteiger partial charge in [-0.15, -0.1) is 0 Å². The maximum Gasteiger partial charge on any atom is 0.235 e. The van der Waals surface area contributed by atoms with Gasteiger partial charge in [-0.25, -0.2) is 13.1 Å². The minimum Gasteiger partial charge on any atom is -0.352 e. The molecule has 1 aliphatic carbocycles. The Morgan fingerprint density at radius 1 is 1.22 bits per heavy atom. The second-order valence-corrected chi connectivity index (χ2v) is 6.21. The molecule has 0 unspecified atom stereocenters. The molecule has 1 aromatic carbocycles. The van der Waals surface area contributed by atoms with Crippen LogP contribution in [0.4, 0.5) is 0 Å². The topological polar surface area (TPSA) is 75.3 Å². The van der Waals surface area contributed by atoms with Crippen molar-refractivity contribution < 1.29 is 13.2 Å². The summed E-state index contributed by atoms with van der Waals surface area (Å²) >= 11 is 0. The van der Waals surface area contributed by atoms with E-state index >= 15 is 0 Å². The van der Waals surface area contributed by atoms with Gasteiger partial charge in [-0.1, -0.05) is 30.3 Å². The van der Waals surface area contributed by atoms with Crippen molar-refractivity contribution in [1.29, 1.82) is 0 Å². The molecule has 18 heavy (non-hydrogen) atoms. The first-order chi connectivity index (χ1) is 8.55. The van der Waals surface area contributed by atoms with Crippen molar-refractivity contribution >= 4 is 15.9 Å². The van der Waals surface area contributed by atoms with Crippen molar-refractivity contribution in [1.82, 2.24) is 10.0 Å². The highest BCUT2D eigenvalue weighted by molar-refractivity contribution is 7.88. The van der Waals surface area contributed by atoms with E-state index in [1.54, 1.807) is 24.3 Å². The molecule has 1 aromatic rings. The summed E-state index contributed by atoms with van der Waals surface area (Å²) in [7, 11) is -3.46. The number of amides is 1. The first-order valence-corrected chi connectivity index (χ1v) is 7.51. The van der Waals surface area contributed by atoms with Gasteiger partial charge < -0.3 is 5.32 Å². The molecule has 1 amide bonds. The van der Waals surface area contributed by atoms with Gasteiger partial charge in [0.15, 0.2) is 0 Å². The van der Waals surface area contributed by atoms with Crippen LogP contribution in [0.25, 0.3) is 0 Å². The fourth-order valence-electron chi connectivity index (χ4n) is 1.53. The molecule has 0 aromatic heterocycles. The Hall–Kier alpha value is -1.40. The molecule has 0 spiro atoms. The summed E-state index contributed by atoms with van der Waals surface area (Å²) < 4.78 is 25.7. The lowest BCUT2D eigenvalue weighted by molar-refractivity contribution is -0.120. The number of benzene rings is 1. The number of sulfonamides is 1. The highest BCUT2D eigenvalue weighted by Crippen LogP contribution is 2.18. The molecule has 1 saturated carbocycles. The van der Waals surface area contributed by atoms with Gasteiger partial charge in [-0.2, -0.15) is 0 Å². The normalized spacial score (nSPS) is 15.3. The van der Waals surface area contributed by atoms with Crippen LogP contribution in [-0.4, -0.2) is 26.9 Å². The summed E-state index contributed by atoms with van der Waals surface area (Å²) in [5, 5.41) is 2.72. The van der Waals surface area contributed by atoms with Gasteiger partial charge in [0, 0.05) is 6.04 Å².